The van der Waals surface area contributed by atoms with Crippen molar-refractivity contribution in [2.45, 2.75) is 72.3 Å². The molecule has 2 aromatic rings. The molecule has 1 aromatic heterocycles. The molecule has 0 spiro atoms. The second kappa shape index (κ2) is 9.59. The van der Waals surface area contributed by atoms with Crippen LogP contribution in [0.1, 0.15) is 75.5 Å². The lowest BCUT2D eigenvalue weighted by Crippen LogP contribution is -2.30. The number of hydrogen-bond acceptors (Lipinski definition) is 6. The van der Waals surface area contributed by atoms with Gasteiger partial charge in [0.2, 0.25) is 0 Å². The zero-order valence-corrected chi connectivity index (χ0v) is 20.7. The van der Waals surface area contributed by atoms with Crippen LogP contribution in [0.15, 0.2) is 33.1 Å². The third-order valence-electron chi connectivity index (χ3n) is 6.89. The Morgan fingerprint density at radius 1 is 1.33 bits per heavy atom. The fourth-order valence-electron chi connectivity index (χ4n) is 4.72. The molecular weight excluding hydrogens is 414 g/mol. The van der Waals surface area contributed by atoms with Gasteiger partial charge in [-0.15, -0.1) is 0 Å². The maximum atomic E-state index is 13.2. The van der Waals surface area contributed by atoms with Gasteiger partial charge in [0.25, 0.3) is 5.56 Å². The van der Waals surface area contributed by atoms with E-state index in [2.05, 4.69) is 55.9 Å². The molecule has 0 amide bonds. The van der Waals surface area contributed by atoms with Gasteiger partial charge in [-0.1, -0.05) is 6.92 Å². The zero-order chi connectivity index (χ0) is 23.7. The summed E-state index contributed by atoms with van der Waals surface area (Å²) in [6.07, 6.45) is 4.15. The molecule has 0 N–H and O–H groups in total. The average molecular weight is 450 g/mol. The van der Waals surface area contributed by atoms with Gasteiger partial charge in [0.15, 0.2) is 5.82 Å². The first-order valence-corrected chi connectivity index (χ1v) is 12.0. The SMILES string of the molecule is CCN(CCC(C)OC)c1ccc(N=C2C(C)=Nn3c2nc2c(c3=O)C(C)CCC2)c(C)c1. The molecule has 0 radical (unpaired) electrons. The molecule has 33 heavy (non-hydrogen) atoms. The fraction of sp³-hybridized carbons (Fsp3) is 0.538. The van der Waals surface area contributed by atoms with Crippen LogP contribution >= 0.6 is 0 Å². The number of methoxy groups -OCH3 is 1. The number of aromatic nitrogens is 2. The minimum absolute atomic E-state index is 0.0392. The lowest BCUT2D eigenvalue weighted by Gasteiger charge is -2.25. The van der Waals surface area contributed by atoms with Crippen LogP contribution in [0.4, 0.5) is 11.4 Å². The quantitative estimate of drug-likeness (QED) is 0.619. The van der Waals surface area contributed by atoms with Crippen molar-refractivity contribution in [3.8, 4) is 0 Å². The third kappa shape index (κ3) is 4.51. The van der Waals surface area contributed by atoms with E-state index >= 15 is 0 Å². The Morgan fingerprint density at radius 3 is 2.82 bits per heavy atom. The monoisotopic (exact) mass is 449 g/mol. The Kier molecular flexibility index (Phi) is 6.79. The highest BCUT2D eigenvalue weighted by Crippen LogP contribution is 2.30. The van der Waals surface area contributed by atoms with Gasteiger partial charge >= 0.3 is 0 Å². The van der Waals surface area contributed by atoms with Crippen LogP contribution in [0.2, 0.25) is 0 Å². The first-order chi connectivity index (χ1) is 15.8. The van der Waals surface area contributed by atoms with Crippen LogP contribution < -0.4 is 10.5 Å². The molecule has 1 aromatic carbocycles. The summed E-state index contributed by atoms with van der Waals surface area (Å²) in [5.74, 6) is 0.795. The Labute approximate surface area is 196 Å². The summed E-state index contributed by atoms with van der Waals surface area (Å²) < 4.78 is 6.85. The predicted octanol–water partition coefficient (Wildman–Crippen LogP) is 4.60. The van der Waals surface area contributed by atoms with Crippen LogP contribution in [0.3, 0.4) is 0 Å². The number of nitrogens with zero attached hydrogens (tertiary/aromatic N) is 5. The highest BCUT2D eigenvalue weighted by Gasteiger charge is 2.30. The van der Waals surface area contributed by atoms with Crippen LogP contribution in [0, 0.1) is 6.92 Å². The van der Waals surface area contributed by atoms with Crippen molar-refractivity contribution in [2.24, 2.45) is 10.1 Å². The van der Waals surface area contributed by atoms with Crippen molar-refractivity contribution >= 4 is 22.8 Å². The summed E-state index contributed by atoms with van der Waals surface area (Å²) >= 11 is 0. The molecule has 0 saturated carbocycles. The van der Waals surface area contributed by atoms with E-state index in [1.807, 2.05) is 6.92 Å². The van der Waals surface area contributed by atoms with Crippen LogP contribution in [0.25, 0.3) is 0 Å². The number of fused-ring (bicyclic) bond motifs is 2. The maximum Gasteiger partial charge on any atom is 0.278 e. The third-order valence-corrected chi connectivity index (χ3v) is 6.89. The molecular formula is C26H35N5O2. The summed E-state index contributed by atoms with van der Waals surface area (Å²) in [4.78, 5) is 25.3. The second-order valence-electron chi connectivity index (χ2n) is 9.24. The summed E-state index contributed by atoms with van der Waals surface area (Å²) in [6, 6.07) is 6.34. The fourth-order valence-corrected chi connectivity index (χ4v) is 4.72. The predicted molar refractivity (Wildman–Crippen MR) is 135 cm³/mol. The molecule has 176 valence electrons. The van der Waals surface area contributed by atoms with Gasteiger partial charge in [-0.2, -0.15) is 9.78 Å². The second-order valence-corrected chi connectivity index (χ2v) is 9.24. The number of ether oxygens (including phenoxy) is 1. The number of aliphatic imine (C=N–C) groups is 1. The normalized spacial score (nSPS) is 19.3. The molecule has 2 aliphatic rings. The van der Waals surface area contributed by atoms with Gasteiger partial charge in [-0.3, -0.25) is 4.79 Å². The molecule has 4 rings (SSSR count). The summed E-state index contributed by atoms with van der Waals surface area (Å²) in [5, 5.41) is 4.52. The van der Waals surface area contributed by atoms with Crippen molar-refractivity contribution in [2.75, 3.05) is 25.1 Å². The smallest absolute Gasteiger partial charge is 0.278 e. The number of rotatable bonds is 7. The standard InChI is InChI=1S/C26H35N5O2/c1-7-30(14-13-18(4)33-6)20-11-12-21(17(3)15-20)27-24-19(5)29-31-25(24)28-22-10-8-9-16(2)23(22)26(31)32/h11-12,15-16,18H,7-10,13-14H2,1-6H3. The summed E-state index contributed by atoms with van der Waals surface area (Å²) in [7, 11) is 1.75. The molecule has 2 heterocycles. The Bertz CT molecular complexity index is 1160. The van der Waals surface area contributed by atoms with E-state index in [1.165, 1.54) is 10.4 Å². The highest BCUT2D eigenvalue weighted by molar-refractivity contribution is 6.48. The van der Waals surface area contributed by atoms with Crippen molar-refractivity contribution in [3.63, 3.8) is 0 Å². The Morgan fingerprint density at radius 2 is 2.12 bits per heavy atom. The van der Waals surface area contributed by atoms with Gasteiger partial charge in [0.05, 0.1) is 23.2 Å². The number of aryl methyl sites for hydroxylation is 2. The minimum atomic E-state index is -0.0392. The molecule has 7 heteroatoms. The average Bonchev–Trinajstić information content (AvgIpc) is 3.11. The van der Waals surface area contributed by atoms with E-state index in [1.54, 1.807) is 7.11 Å². The Balaban J connectivity index is 1.66. The highest BCUT2D eigenvalue weighted by atomic mass is 16.5. The zero-order valence-electron chi connectivity index (χ0n) is 20.7. The van der Waals surface area contributed by atoms with Gasteiger partial charge in [0, 0.05) is 31.5 Å². The van der Waals surface area contributed by atoms with Crippen LogP contribution in [0.5, 0.6) is 0 Å². The molecule has 0 saturated heterocycles. The molecule has 1 aliphatic carbocycles. The van der Waals surface area contributed by atoms with Gasteiger partial charge in [-0.05, 0) is 83.1 Å². The summed E-state index contributed by atoms with van der Waals surface area (Å²) in [6.45, 7) is 12.2. The van der Waals surface area contributed by atoms with Crippen molar-refractivity contribution in [1.82, 2.24) is 9.66 Å². The van der Waals surface area contributed by atoms with Crippen molar-refractivity contribution in [3.05, 3.63) is 51.2 Å². The van der Waals surface area contributed by atoms with E-state index in [0.717, 1.165) is 67.0 Å². The molecule has 0 fully saturated rings. The van der Waals surface area contributed by atoms with Gasteiger partial charge < -0.3 is 9.64 Å². The number of benzene rings is 1. The van der Waals surface area contributed by atoms with E-state index in [9.17, 15) is 4.79 Å². The molecule has 0 bridgehead atoms. The van der Waals surface area contributed by atoms with Crippen molar-refractivity contribution < 1.29 is 4.74 Å². The topological polar surface area (TPSA) is 72.1 Å². The minimum Gasteiger partial charge on any atom is -0.382 e. The van der Waals surface area contributed by atoms with E-state index in [0.29, 0.717) is 11.5 Å². The van der Waals surface area contributed by atoms with Crippen LogP contribution in [-0.2, 0) is 11.2 Å². The number of hydrogen-bond donors (Lipinski definition) is 0. The molecule has 2 unspecified atom stereocenters. The molecule has 7 nitrogen and oxygen atoms in total. The van der Waals surface area contributed by atoms with E-state index in [-0.39, 0.29) is 17.6 Å². The molecule has 1 aliphatic heterocycles. The maximum absolute atomic E-state index is 13.2. The first kappa shape index (κ1) is 23.4. The van der Waals surface area contributed by atoms with Crippen molar-refractivity contribution in [1.29, 1.82) is 0 Å². The van der Waals surface area contributed by atoms with E-state index in [4.69, 9.17) is 14.7 Å². The summed E-state index contributed by atoms with van der Waals surface area (Å²) in [5.41, 5.74) is 6.24. The van der Waals surface area contributed by atoms with Gasteiger partial charge in [-0.25, -0.2) is 9.98 Å². The lowest BCUT2D eigenvalue weighted by atomic mass is 9.88. The lowest BCUT2D eigenvalue weighted by molar-refractivity contribution is 0.112. The Hall–Kier alpha value is -2.80. The van der Waals surface area contributed by atoms with Gasteiger partial charge in [0.1, 0.15) is 5.71 Å². The first-order valence-electron chi connectivity index (χ1n) is 12.0. The van der Waals surface area contributed by atoms with Crippen LogP contribution in [-0.4, -0.2) is 47.4 Å². The largest absolute Gasteiger partial charge is 0.382 e. The van der Waals surface area contributed by atoms with E-state index < -0.39 is 0 Å². The molecule has 2 atom stereocenters. The number of anilines is 1.